The number of rotatable bonds is 2. The van der Waals surface area contributed by atoms with Crippen LogP contribution in [0.3, 0.4) is 0 Å². The summed E-state index contributed by atoms with van der Waals surface area (Å²) in [6.07, 6.45) is 0. The first-order chi connectivity index (χ1) is 14.3. The van der Waals surface area contributed by atoms with Gasteiger partial charge in [-0.3, -0.25) is 0 Å². The summed E-state index contributed by atoms with van der Waals surface area (Å²) in [7, 11) is 3.52. The van der Waals surface area contributed by atoms with Gasteiger partial charge in [-0.05, 0) is 45.5 Å². The van der Waals surface area contributed by atoms with Crippen molar-refractivity contribution in [3.8, 4) is 33.8 Å². The third kappa shape index (κ3) is 1.82. The molecule has 0 saturated carbocycles. The molecule has 4 aromatic rings. The van der Waals surface area contributed by atoms with Crippen LogP contribution in [0.15, 0.2) is 84.9 Å². The Morgan fingerprint density at radius 3 is 1.34 bits per heavy atom. The van der Waals surface area contributed by atoms with Crippen LogP contribution in [0, 0.1) is 0 Å². The molecule has 2 heteroatoms. The zero-order chi connectivity index (χ0) is 19.6. The van der Waals surface area contributed by atoms with Crippen molar-refractivity contribution in [3.05, 3.63) is 107 Å². The van der Waals surface area contributed by atoms with Crippen molar-refractivity contribution >= 4 is 0 Å². The summed E-state index contributed by atoms with van der Waals surface area (Å²) in [4.78, 5) is 0. The van der Waals surface area contributed by atoms with Crippen molar-refractivity contribution in [2.24, 2.45) is 0 Å². The van der Waals surface area contributed by atoms with E-state index in [-0.39, 0.29) is 0 Å². The van der Waals surface area contributed by atoms with Gasteiger partial charge in [-0.25, -0.2) is 0 Å². The Kier molecular flexibility index (Phi) is 3.25. The lowest BCUT2D eigenvalue weighted by molar-refractivity contribution is 0.398. The molecule has 0 atom stereocenters. The lowest BCUT2D eigenvalue weighted by Crippen LogP contribution is -2.27. The van der Waals surface area contributed by atoms with Crippen molar-refractivity contribution in [1.82, 2.24) is 0 Å². The molecule has 0 bridgehead atoms. The molecule has 4 aromatic carbocycles. The van der Waals surface area contributed by atoms with E-state index >= 15 is 0 Å². The fourth-order valence-corrected chi connectivity index (χ4v) is 5.52. The van der Waals surface area contributed by atoms with Crippen LogP contribution in [-0.2, 0) is 5.41 Å². The fraction of sp³-hybridized carbons (Fsp3) is 0.111. The lowest BCUT2D eigenvalue weighted by Gasteiger charge is -2.32. The minimum atomic E-state index is -0.447. The molecule has 2 aliphatic carbocycles. The molecule has 29 heavy (non-hydrogen) atoms. The second-order valence-electron chi connectivity index (χ2n) is 7.61. The standard InChI is InChI=1S/C27H20O2/c1-28-23-15-7-11-19-17-9-3-5-13-21(17)27(25(19)23)22-14-6-4-10-18(22)20-12-8-16-24(29-2)26(20)27/h3-16H,1-2H3. The highest BCUT2D eigenvalue weighted by Gasteiger charge is 2.54. The Hall–Kier alpha value is -3.52. The van der Waals surface area contributed by atoms with Gasteiger partial charge >= 0.3 is 0 Å². The molecular weight excluding hydrogens is 356 g/mol. The van der Waals surface area contributed by atoms with E-state index in [2.05, 4.69) is 84.9 Å². The van der Waals surface area contributed by atoms with E-state index in [0.717, 1.165) is 11.5 Å². The molecule has 6 rings (SSSR count). The quantitative estimate of drug-likeness (QED) is 0.366. The highest BCUT2D eigenvalue weighted by atomic mass is 16.5. The number of hydrogen-bond acceptors (Lipinski definition) is 2. The first kappa shape index (κ1) is 16.4. The molecule has 0 fully saturated rings. The largest absolute Gasteiger partial charge is 0.496 e. The van der Waals surface area contributed by atoms with E-state index in [1.54, 1.807) is 14.2 Å². The van der Waals surface area contributed by atoms with E-state index in [9.17, 15) is 0 Å². The normalized spacial score (nSPS) is 14.1. The van der Waals surface area contributed by atoms with E-state index in [0.29, 0.717) is 0 Å². The number of methoxy groups -OCH3 is 2. The predicted molar refractivity (Wildman–Crippen MR) is 116 cm³/mol. The van der Waals surface area contributed by atoms with Crippen LogP contribution in [0.2, 0.25) is 0 Å². The average Bonchev–Trinajstić information content (AvgIpc) is 3.26. The molecule has 2 aliphatic rings. The Bertz CT molecular complexity index is 1180. The zero-order valence-corrected chi connectivity index (χ0v) is 16.4. The number of benzene rings is 4. The zero-order valence-electron chi connectivity index (χ0n) is 16.4. The molecule has 0 radical (unpaired) electrons. The van der Waals surface area contributed by atoms with Crippen LogP contribution in [0.1, 0.15) is 22.3 Å². The Morgan fingerprint density at radius 2 is 0.897 bits per heavy atom. The Morgan fingerprint density at radius 1 is 0.483 bits per heavy atom. The molecular formula is C27H20O2. The number of hydrogen-bond donors (Lipinski definition) is 0. The monoisotopic (exact) mass is 376 g/mol. The van der Waals surface area contributed by atoms with Gasteiger partial charge < -0.3 is 9.47 Å². The van der Waals surface area contributed by atoms with Crippen molar-refractivity contribution in [3.63, 3.8) is 0 Å². The van der Waals surface area contributed by atoms with Crippen molar-refractivity contribution < 1.29 is 9.47 Å². The first-order valence-corrected chi connectivity index (χ1v) is 9.87. The third-order valence-corrected chi connectivity index (χ3v) is 6.48. The topological polar surface area (TPSA) is 18.5 Å². The second-order valence-corrected chi connectivity index (χ2v) is 7.61. The maximum atomic E-state index is 5.94. The number of ether oxygens (including phenoxy) is 2. The summed E-state index contributed by atoms with van der Waals surface area (Å²) >= 11 is 0. The molecule has 0 heterocycles. The van der Waals surface area contributed by atoms with Crippen molar-refractivity contribution in [1.29, 1.82) is 0 Å². The van der Waals surface area contributed by atoms with Gasteiger partial charge in [0.2, 0.25) is 0 Å². The summed E-state index contributed by atoms with van der Waals surface area (Å²) in [6, 6.07) is 30.2. The van der Waals surface area contributed by atoms with E-state index < -0.39 is 5.41 Å². The predicted octanol–water partition coefficient (Wildman–Crippen LogP) is 6.05. The van der Waals surface area contributed by atoms with E-state index in [1.807, 2.05) is 0 Å². The maximum Gasteiger partial charge on any atom is 0.124 e. The van der Waals surface area contributed by atoms with Gasteiger partial charge in [0.25, 0.3) is 0 Å². The summed E-state index contributed by atoms with van der Waals surface area (Å²) in [5.41, 5.74) is 9.52. The van der Waals surface area contributed by atoms with Gasteiger partial charge in [0.1, 0.15) is 11.5 Å². The Balaban J connectivity index is 1.90. The van der Waals surface area contributed by atoms with Gasteiger partial charge in [-0.1, -0.05) is 72.8 Å². The van der Waals surface area contributed by atoms with Gasteiger partial charge in [-0.15, -0.1) is 0 Å². The summed E-state index contributed by atoms with van der Waals surface area (Å²) in [5.74, 6) is 1.82. The molecule has 0 aliphatic heterocycles. The minimum absolute atomic E-state index is 0.447. The fourth-order valence-electron chi connectivity index (χ4n) is 5.52. The Labute approximate surface area is 170 Å². The van der Waals surface area contributed by atoms with E-state index in [4.69, 9.17) is 9.47 Å². The van der Waals surface area contributed by atoms with Crippen molar-refractivity contribution in [2.75, 3.05) is 14.2 Å². The molecule has 0 saturated heterocycles. The number of fused-ring (bicyclic) bond motifs is 10. The van der Waals surface area contributed by atoms with Crippen LogP contribution in [-0.4, -0.2) is 14.2 Å². The lowest BCUT2D eigenvalue weighted by atomic mass is 9.70. The molecule has 2 nitrogen and oxygen atoms in total. The SMILES string of the molecule is COc1cccc2c1C1(c3ccccc3-2)c2ccccc2-c2cccc(OC)c21. The van der Waals surface area contributed by atoms with Crippen LogP contribution < -0.4 is 9.47 Å². The maximum absolute atomic E-state index is 5.94. The average molecular weight is 376 g/mol. The van der Waals surface area contributed by atoms with Crippen LogP contribution >= 0.6 is 0 Å². The summed E-state index contributed by atoms with van der Waals surface area (Å²) in [5, 5.41) is 0. The van der Waals surface area contributed by atoms with E-state index in [1.165, 1.54) is 44.5 Å². The van der Waals surface area contributed by atoms with Gasteiger partial charge in [-0.2, -0.15) is 0 Å². The molecule has 0 amide bonds. The van der Waals surface area contributed by atoms with Crippen molar-refractivity contribution in [2.45, 2.75) is 5.41 Å². The minimum Gasteiger partial charge on any atom is -0.496 e. The third-order valence-electron chi connectivity index (χ3n) is 6.48. The van der Waals surface area contributed by atoms with Gasteiger partial charge in [0.15, 0.2) is 0 Å². The molecule has 0 N–H and O–H groups in total. The molecule has 0 unspecified atom stereocenters. The van der Waals surface area contributed by atoms with Gasteiger partial charge in [0, 0.05) is 11.1 Å². The second kappa shape index (κ2) is 5.74. The highest BCUT2D eigenvalue weighted by molar-refractivity contribution is 5.97. The van der Waals surface area contributed by atoms with Crippen LogP contribution in [0.4, 0.5) is 0 Å². The van der Waals surface area contributed by atoms with Crippen LogP contribution in [0.25, 0.3) is 22.3 Å². The van der Waals surface area contributed by atoms with Gasteiger partial charge in [0.05, 0.1) is 19.6 Å². The summed E-state index contributed by atoms with van der Waals surface area (Å²) < 4.78 is 11.9. The highest BCUT2D eigenvalue weighted by Crippen LogP contribution is 2.66. The first-order valence-electron chi connectivity index (χ1n) is 9.87. The van der Waals surface area contributed by atoms with Crippen LogP contribution in [0.5, 0.6) is 11.5 Å². The smallest absolute Gasteiger partial charge is 0.124 e. The molecule has 140 valence electrons. The molecule has 0 aromatic heterocycles. The summed E-state index contributed by atoms with van der Waals surface area (Å²) in [6.45, 7) is 0. The molecule has 1 spiro atoms.